The van der Waals surface area contributed by atoms with Crippen LogP contribution in [-0.2, 0) is 16.3 Å². The van der Waals surface area contributed by atoms with Gasteiger partial charge in [-0.15, -0.1) is 0 Å². The van der Waals surface area contributed by atoms with Crippen LogP contribution >= 0.6 is 0 Å². The molecule has 0 aliphatic rings. The van der Waals surface area contributed by atoms with Crippen LogP contribution in [0.25, 0.3) is 0 Å². The summed E-state index contributed by atoms with van der Waals surface area (Å²) in [6.07, 6.45) is 2.06. The second-order valence-corrected chi connectivity index (χ2v) is 6.89. The number of sulfone groups is 1. The SMILES string of the molecule is CNC(Cc1ccccc1)c1cccc(S(C)(=O)=O)c1. The van der Waals surface area contributed by atoms with Gasteiger partial charge in [-0.05, 0) is 36.7 Å². The summed E-state index contributed by atoms with van der Waals surface area (Å²) in [5, 5.41) is 3.25. The quantitative estimate of drug-likeness (QED) is 0.920. The predicted molar refractivity (Wildman–Crippen MR) is 81.5 cm³/mol. The van der Waals surface area contributed by atoms with Gasteiger partial charge in [0, 0.05) is 12.3 Å². The lowest BCUT2D eigenvalue weighted by Gasteiger charge is -2.17. The van der Waals surface area contributed by atoms with E-state index in [-0.39, 0.29) is 6.04 Å². The third kappa shape index (κ3) is 3.68. The van der Waals surface area contributed by atoms with Crippen LogP contribution in [0.4, 0.5) is 0 Å². The Labute approximate surface area is 120 Å². The largest absolute Gasteiger partial charge is 0.313 e. The minimum Gasteiger partial charge on any atom is -0.313 e. The van der Waals surface area contributed by atoms with Crippen LogP contribution in [-0.4, -0.2) is 21.7 Å². The van der Waals surface area contributed by atoms with Crippen molar-refractivity contribution in [1.29, 1.82) is 0 Å². The minimum absolute atomic E-state index is 0.0964. The highest BCUT2D eigenvalue weighted by Crippen LogP contribution is 2.21. The Morgan fingerprint density at radius 1 is 1.05 bits per heavy atom. The van der Waals surface area contributed by atoms with Gasteiger partial charge in [-0.1, -0.05) is 42.5 Å². The number of hydrogen-bond donors (Lipinski definition) is 1. The molecule has 20 heavy (non-hydrogen) atoms. The molecule has 1 unspecified atom stereocenters. The molecule has 0 bridgehead atoms. The third-order valence-electron chi connectivity index (χ3n) is 3.32. The monoisotopic (exact) mass is 289 g/mol. The van der Waals surface area contributed by atoms with Gasteiger partial charge < -0.3 is 5.32 Å². The molecule has 0 saturated carbocycles. The molecule has 1 N–H and O–H groups in total. The molecular weight excluding hydrogens is 270 g/mol. The Bertz CT molecular complexity index is 666. The molecule has 1 atom stereocenters. The number of likely N-dealkylation sites (N-methyl/N-ethyl adjacent to an activating group) is 1. The standard InChI is InChI=1S/C16H19NO2S/c1-17-16(11-13-7-4-3-5-8-13)14-9-6-10-15(12-14)20(2,18)19/h3-10,12,16-17H,11H2,1-2H3. The number of nitrogens with one attached hydrogen (secondary N) is 1. The normalized spacial score (nSPS) is 13.1. The Morgan fingerprint density at radius 3 is 2.35 bits per heavy atom. The summed E-state index contributed by atoms with van der Waals surface area (Å²) < 4.78 is 23.3. The maximum absolute atomic E-state index is 11.6. The van der Waals surface area contributed by atoms with Crippen molar-refractivity contribution in [2.45, 2.75) is 17.4 Å². The van der Waals surface area contributed by atoms with Crippen molar-refractivity contribution in [2.75, 3.05) is 13.3 Å². The van der Waals surface area contributed by atoms with Gasteiger partial charge in [-0.3, -0.25) is 0 Å². The van der Waals surface area contributed by atoms with E-state index in [0.29, 0.717) is 4.90 Å². The molecule has 3 nitrogen and oxygen atoms in total. The van der Waals surface area contributed by atoms with Crippen LogP contribution < -0.4 is 5.32 Å². The summed E-state index contributed by atoms with van der Waals surface area (Å²) in [5.41, 5.74) is 2.20. The van der Waals surface area contributed by atoms with Gasteiger partial charge in [-0.25, -0.2) is 8.42 Å². The van der Waals surface area contributed by atoms with Gasteiger partial charge in [0.15, 0.2) is 9.84 Å². The average molecular weight is 289 g/mol. The lowest BCUT2D eigenvalue weighted by atomic mass is 9.99. The first-order valence-corrected chi connectivity index (χ1v) is 8.41. The van der Waals surface area contributed by atoms with E-state index in [2.05, 4.69) is 17.4 Å². The van der Waals surface area contributed by atoms with Gasteiger partial charge in [0.25, 0.3) is 0 Å². The van der Waals surface area contributed by atoms with E-state index < -0.39 is 9.84 Å². The highest BCUT2D eigenvalue weighted by molar-refractivity contribution is 7.90. The van der Waals surface area contributed by atoms with E-state index in [1.54, 1.807) is 18.2 Å². The summed E-state index contributed by atoms with van der Waals surface area (Å²) in [6.45, 7) is 0. The van der Waals surface area contributed by atoms with Crippen LogP contribution in [0, 0.1) is 0 Å². The molecule has 0 aromatic heterocycles. The van der Waals surface area contributed by atoms with E-state index in [1.165, 1.54) is 11.8 Å². The molecule has 4 heteroatoms. The van der Waals surface area contributed by atoms with Crippen molar-refractivity contribution in [3.8, 4) is 0 Å². The van der Waals surface area contributed by atoms with Crippen molar-refractivity contribution in [3.63, 3.8) is 0 Å². The molecule has 2 aromatic rings. The van der Waals surface area contributed by atoms with Crippen LogP contribution in [0.15, 0.2) is 59.5 Å². The lowest BCUT2D eigenvalue weighted by molar-refractivity contribution is 0.587. The lowest BCUT2D eigenvalue weighted by Crippen LogP contribution is -2.19. The van der Waals surface area contributed by atoms with E-state index in [9.17, 15) is 8.42 Å². The maximum Gasteiger partial charge on any atom is 0.175 e. The molecule has 2 aromatic carbocycles. The Morgan fingerprint density at radius 2 is 1.75 bits per heavy atom. The van der Waals surface area contributed by atoms with Crippen molar-refractivity contribution >= 4 is 9.84 Å². The highest BCUT2D eigenvalue weighted by Gasteiger charge is 2.13. The fourth-order valence-electron chi connectivity index (χ4n) is 2.20. The predicted octanol–water partition coefficient (Wildman–Crippen LogP) is 2.59. The molecule has 2 rings (SSSR count). The fraction of sp³-hybridized carbons (Fsp3) is 0.250. The number of benzene rings is 2. The molecule has 106 valence electrons. The Kier molecular flexibility index (Phi) is 4.57. The zero-order chi connectivity index (χ0) is 14.6. The van der Waals surface area contributed by atoms with Gasteiger partial charge in [0.1, 0.15) is 0 Å². The van der Waals surface area contributed by atoms with Crippen LogP contribution in [0.2, 0.25) is 0 Å². The summed E-state index contributed by atoms with van der Waals surface area (Å²) in [5.74, 6) is 0. The Balaban J connectivity index is 2.28. The molecular formula is C16H19NO2S. The van der Waals surface area contributed by atoms with Crippen LogP contribution in [0.3, 0.4) is 0 Å². The average Bonchev–Trinajstić information content (AvgIpc) is 2.45. The van der Waals surface area contributed by atoms with Crippen molar-refractivity contribution < 1.29 is 8.42 Å². The molecule has 0 aliphatic heterocycles. The second kappa shape index (κ2) is 6.20. The summed E-state index contributed by atoms with van der Waals surface area (Å²) in [7, 11) is -1.28. The van der Waals surface area contributed by atoms with Crippen LogP contribution in [0.5, 0.6) is 0 Å². The summed E-state index contributed by atoms with van der Waals surface area (Å²) in [4.78, 5) is 0.364. The van der Waals surface area contributed by atoms with Crippen molar-refractivity contribution in [1.82, 2.24) is 5.32 Å². The van der Waals surface area contributed by atoms with E-state index in [1.807, 2.05) is 31.3 Å². The molecule has 0 fully saturated rings. The summed E-state index contributed by atoms with van der Waals surface area (Å²) in [6, 6.07) is 17.4. The number of hydrogen-bond acceptors (Lipinski definition) is 3. The molecule has 0 saturated heterocycles. The number of rotatable bonds is 5. The summed E-state index contributed by atoms with van der Waals surface area (Å²) >= 11 is 0. The van der Waals surface area contributed by atoms with Gasteiger partial charge in [0.05, 0.1) is 4.90 Å². The minimum atomic E-state index is -3.17. The highest BCUT2D eigenvalue weighted by atomic mass is 32.2. The smallest absolute Gasteiger partial charge is 0.175 e. The van der Waals surface area contributed by atoms with Gasteiger partial charge >= 0.3 is 0 Å². The molecule has 0 amide bonds. The zero-order valence-electron chi connectivity index (χ0n) is 11.7. The third-order valence-corrected chi connectivity index (χ3v) is 4.43. The second-order valence-electron chi connectivity index (χ2n) is 4.88. The van der Waals surface area contributed by atoms with Crippen LogP contribution in [0.1, 0.15) is 17.2 Å². The topological polar surface area (TPSA) is 46.2 Å². The van der Waals surface area contributed by atoms with E-state index in [0.717, 1.165) is 12.0 Å². The van der Waals surface area contributed by atoms with Crippen molar-refractivity contribution in [2.24, 2.45) is 0 Å². The van der Waals surface area contributed by atoms with Gasteiger partial charge in [-0.2, -0.15) is 0 Å². The Hall–Kier alpha value is -1.65. The first-order valence-electron chi connectivity index (χ1n) is 6.52. The first kappa shape index (κ1) is 14.8. The first-order chi connectivity index (χ1) is 9.50. The van der Waals surface area contributed by atoms with E-state index >= 15 is 0 Å². The van der Waals surface area contributed by atoms with Crippen molar-refractivity contribution in [3.05, 3.63) is 65.7 Å². The molecule has 0 radical (unpaired) electrons. The van der Waals surface area contributed by atoms with Gasteiger partial charge in [0.2, 0.25) is 0 Å². The molecule has 0 aliphatic carbocycles. The zero-order valence-corrected chi connectivity index (χ0v) is 12.5. The molecule has 0 spiro atoms. The maximum atomic E-state index is 11.6. The molecule has 0 heterocycles. The fourth-order valence-corrected chi connectivity index (χ4v) is 2.87. The van der Waals surface area contributed by atoms with E-state index in [4.69, 9.17) is 0 Å².